The number of carbonyl (C=O) groups excluding carboxylic acids is 1. The first kappa shape index (κ1) is 9.45. The standard InChI is InChI=1S/C9H14N2O3/c12-8(6-3-4-6)10-11-5-1-2-7(11)9(13)14/h6-7H,1-5H2,(H,10,12)(H,13,14). The Morgan fingerprint density at radius 2 is 2.00 bits per heavy atom. The summed E-state index contributed by atoms with van der Waals surface area (Å²) in [6.07, 6.45) is 3.34. The SMILES string of the molecule is O=C(NN1CCCC1C(=O)O)C1CC1. The van der Waals surface area contributed by atoms with Crippen LogP contribution in [0.5, 0.6) is 0 Å². The third kappa shape index (κ3) is 1.87. The molecule has 1 unspecified atom stereocenters. The maximum atomic E-state index is 11.4. The molecule has 5 nitrogen and oxygen atoms in total. The third-order valence-corrected chi connectivity index (χ3v) is 2.74. The van der Waals surface area contributed by atoms with Gasteiger partial charge in [-0.15, -0.1) is 0 Å². The second kappa shape index (κ2) is 3.57. The van der Waals surface area contributed by atoms with Crippen LogP contribution in [0.2, 0.25) is 0 Å². The highest BCUT2D eigenvalue weighted by atomic mass is 16.4. The maximum absolute atomic E-state index is 11.4. The van der Waals surface area contributed by atoms with Crippen LogP contribution in [0, 0.1) is 5.92 Å². The van der Waals surface area contributed by atoms with Gasteiger partial charge in [-0.1, -0.05) is 0 Å². The monoisotopic (exact) mass is 198 g/mol. The molecule has 0 aromatic carbocycles. The van der Waals surface area contributed by atoms with Gasteiger partial charge in [0, 0.05) is 12.5 Å². The molecular formula is C9H14N2O3. The number of amides is 1. The normalized spacial score (nSPS) is 27.6. The van der Waals surface area contributed by atoms with Crippen LogP contribution in [-0.2, 0) is 9.59 Å². The number of hydrogen-bond acceptors (Lipinski definition) is 3. The highest BCUT2D eigenvalue weighted by Gasteiger charge is 2.35. The van der Waals surface area contributed by atoms with Gasteiger partial charge >= 0.3 is 5.97 Å². The van der Waals surface area contributed by atoms with Crippen molar-refractivity contribution in [2.75, 3.05) is 6.54 Å². The molecule has 2 N–H and O–H groups in total. The van der Waals surface area contributed by atoms with Crippen molar-refractivity contribution in [1.29, 1.82) is 0 Å². The molecule has 1 aliphatic heterocycles. The largest absolute Gasteiger partial charge is 0.480 e. The molecule has 0 radical (unpaired) electrons. The van der Waals surface area contributed by atoms with Gasteiger partial charge in [0.25, 0.3) is 0 Å². The Hall–Kier alpha value is -1.10. The molecule has 2 fully saturated rings. The fourth-order valence-corrected chi connectivity index (χ4v) is 1.74. The minimum atomic E-state index is -0.849. The number of hydrogen-bond donors (Lipinski definition) is 2. The average molecular weight is 198 g/mol. The van der Waals surface area contributed by atoms with E-state index < -0.39 is 12.0 Å². The Balaban J connectivity index is 1.89. The molecule has 1 amide bonds. The number of nitrogens with zero attached hydrogens (tertiary/aromatic N) is 1. The van der Waals surface area contributed by atoms with E-state index in [4.69, 9.17) is 5.11 Å². The summed E-state index contributed by atoms with van der Waals surface area (Å²) >= 11 is 0. The average Bonchev–Trinajstić information content (AvgIpc) is 2.87. The van der Waals surface area contributed by atoms with Crippen molar-refractivity contribution in [2.24, 2.45) is 5.92 Å². The fourth-order valence-electron chi connectivity index (χ4n) is 1.74. The van der Waals surface area contributed by atoms with Crippen LogP contribution in [-0.4, -0.2) is 34.6 Å². The molecular weight excluding hydrogens is 184 g/mol. The summed E-state index contributed by atoms with van der Waals surface area (Å²) in [6.45, 7) is 0.648. The van der Waals surface area contributed by atoms with Crippen molar-refractivity contribution in [1.82, 2.24) is 10.4 Å². The molecule has 1 saturated carbocycles. The first-order valence-electron chi connectivity index (χ1n) is 4.98. The van der Waals surface area contributed by atoms with E-state index in [0.29, 0.717) is 13.0 Å². The zero-order valence-electron chi connectivity index (χ0n) is 7.90. The van der Waals surface area contributed by atoms with Crippen molar-refractivity contribution in [3.05, 3.63) is 0 Å². The van der Waals surface area contributed by atoms with E-state index in [-0.39, 0.29) is 11.8 Å². The van der Waals surface area contributed by atoms with Gasteiger partial charge in [0.2, 0.25) is 5.91 Å². The Bertz CT molecular complexity index is 263. The maximum Gasteiger partial charge on any atom is 0.322 e. The topological polar surface area (TPSA) is 69.6 Å². The van der Waals surface area contributed by atoms with Gasteiger partial charge in [-0.3, -0.25) is 15.0 Å². The number of carboxylic acids is 1. The zero-order valence-corrected chi connectivity index (χ0v) is 7.90. The van der Waals surface area contributed by atoms with E-state index in [2.05, 4.69) is 5.43 Å². The Labute approximate surface area is 82.0 Å². The minimum absolute atomic E-state index is 0.0156. The molecule has 2 aliphatic rings. The van der Waals surface area contributed by atoms with Gasteiger partial charge in [0.15, 0.2) is 0 Å². The number of rotatable bonds is 3. The molecule has 1 heterocycles. The van der Waals surface area contributed by atoms with E-state index in [1.165, 1.54) is 0 Å². The first-order chi connectivity index (χ1) is 6.68. The number of hydrazine groups is 1. The van der Waals surface area contributed by atoms with Crippen LogP contribution in [0.4, 0.5) is 0 Å². The Morgan fingerprint density at radius 1 is 1.29 bits per heavy atom. The molecule has 1 saturated heterocycles. The van der Waals surface area contributed by atoms with Crippen LogP contribution in [0.25, 0.3) is 0 Å². The molecule has 1 aliphatic carbocycles. The van der Waals surface area contributed by atoms with E-state index in [9.17, 15) is 9.59 Å². The zero-order chi connectivity index (χ0) is 10.1. The summed E-state index contributed by atoms with van der Waals surface area (Å²) in [5.74, 6) is -0.734. The molecule has 2 rings (SSSR count). The second-order valence-corrected chi connectivity index (χ2v) is 3.94. The quantitative estimate of drug-likeness (QED) is 0.668. The van der Waals surface area contributed by atoms with E-state index in [1.807, 2.05) is 0 Å². The van der Waals surface area contributed by atoms with Crippen LogP contribution in [0.1, 0.15) is 25.7 Å². The predicted molar refractivity (Wildman–Crippen MR) is 48.2 cm³/mol. The van der Waals surface area contributed by atoms with E-state index >= 15 is 0 Å². The van der Waals surface area contributed by atoms with Crippen molar-refractivity contribution in [2.45, 2.75) is 31.7 Å². The lowest BCUT2D eigenvalue weighted by Crippen LogP contribution is -2.48. The van der Waals surface area contributed by atoms with Crippen LogP contribution in [0.15, 0.2) is 0 Å². The predicted octanol–water partition coefficient (Wildman–Crippen LogP) is -0.0234. The van der Waals surface area contributed by atoms with Gasteiger partial charge < -0.3 is 5.11 Å². The van der Waals surface area contributed by atoms with Crippen molar-refractivity contribution >= 4 is 11.9 Å². The summed E-state index contributed by atoms with van der Waals surface area (Å²) in [5.41, 5.74) is 2.69. The molecule has 78 valence electrons. The summed E-state index contributed by atoms with van der Waals surface area (Å²) in [6, 6.07) is -0.530. The Kier molecular flexibility index (Phi) is 2.41. The summed E-state index contributed by atoms with van der Waals surface area (Å²) in [5, 5.41) is 10.4. The first-order valence-corrected chi connectivity index (χ1v) is 4.98. The van der Waals surface area contributed by atoms with Gasteiger partial charge in [-0.2, -0.15) is 0 Å². The molecule has 1 atom stereocenters. The van der Waals surface area contributed by atoms with Crippen molar-refractivity contribution in [3.63, 3.8) is 0 Å². The number of carboxylic acid groups (broad SMARTS) is 1. The molecule has 0 bridgehead atoms. The molecule has 0 aromatic heterocycles. The van der Waals surface area contributed by atoms with Crippen LogP contribution in [0.3, 0.4) is 0 Å². The van der Waals surface area contributed by atoms with Gasteiger partial charge in [0.05, 0.1) is 0 Å². The molecule has 0 spiro atoms. The summed E-state index contributed by atoms with van der Waals surface area (Å²) in [7, 11) is 0. The lowest BCUT2D eigenvalue weighted by atomic mass is 10.2. The van der Waals surface area contributed by atoms with Gasteiger partial charge in [0.1, 0.15) is 6.04 Å². The molecule has 5 heteroatoms. The van der Waals surface area contributed by atoms with Crippen LogP contribution >= 0.6 is 0 Å². The summed E-state index contributed by atoms with van der Waals surface area (Å²) < 4.78 is 0. The highest BCUT2D eigenvalue weighted by Crippen LogP contribution is 2.29. The van der Waals surface area contributed by atoms with Crippen LogP contribution < -0.4 is 5.43 Å². The van der Waals surface area contributed by atoms with Crippen molar-refractivity contribution in [3.8, 4) is 0 Å². The smallest absolute Gasteiger partial charge is 0.322 e. The number of carbonyl (C=O) groups is 2. The number of aliphatic carboxylic acids is 1. The lowest BCUT2D eigenvalue weighted by molar-refractivity contribution is -0.144. The van der Waals surface area contributed by atoms with E-state index in [1.54, 1.807) is 5.01 Å². The van der Waals surface area contributed by atoms with Gasteiger partial charge in [-0.05, 0) is 25.7 Å². The lowest BCUT2D eigenvalue weighted by Gasteiger charge is -2.21. The van der Waals surface area contributed by atoms with Crippen molar-refractivity contribution < 1.29 is 14.7 Å². The Morgan fingerprint density at radius 3 is 2.57 bits per heavy atom. The number of nitrogens with one attached hydrogen (secondary N) is 1. The fraction of sp³-hybridized carbons (Fsp3) is 0.778. The minimum Gasteiger partial charge on any atom is -0.480 e. The highest BCUT2D eigenvalue weighted by molar-refractivity contribution is 5.81. The second-order valence-electron chi connectivity index (χ2n) is 3.94. The van der Waals surface area contributed by atoms with Gasteiger partial charge in [-0.25, -0.2) is 5.01 Å². The summed E-state index contributed by atoms with van der Waals surface area (Å²) in [4.78, 5) is 22.2. The third-order valence-electron chi connectivity index (χ3n) is 2.74. The molecule has 14 heavy (non-hydrogen) atoms. The molecule has 0 aromatic rings. The van der Waals surface area contributed by atoms with E-state index in [0.717, 1.165) is 19.3 Å².